The van der Waals surface area contributed by atoms with Gasteiger partial charge in [-0.05, 0) is 35.9 Å². The highest BCUT2D eigenvalue weighted by Gasteiger charge is 2.08. The standard InChI is InChI=1S/C8H11IN2O2/c1-3-5(2)13-8-6(9)7(12)10-4-11-8/h4-5H,3H2,1-2H3,(H,10,11,12). The van der Waals surface area contributed by atoms with E-state index >= 15 is 0 Å². The molecule has 0 bridgehead atoms. The number of ether oxygens (including phenoxy) is 1. The van der Waals surface area contributed by atoms with Crippen molar-refractivity contribution in [3.05, 3.63) is 20.3 Å². The van der Waals surface area contributed by atoms with Crippen LogP contribution in [0.4, 0.5) is 0 Å². The molecule has 0 aliphatic heterocycles. The van der Waals surface area contributed by atoms with Gasteiger partial charge in [-0.15, -0.1) is 0 Å². The van der Waals surface area contributed by atoms with E-state index in [9.17, 15) is 4.79 Å². The van der Waals surface area contributed by atoms with E-state index < -0.39 is 0 Å². The van der Waals surface area contributed by atoms with Crippen LogP contribution in [-0.4, -0.2) is 16.1 Å². The molecular formula is C8H11IN2O2. The molecule has 72 valence electrons. The lowest BCUT2D eigenvalue weighted by molar-refractivity contribution is 0.206. The van der Waals surface area contributed by atoms with Gasteiger partial charge in [0.05, 0.1) is 12.4 Å². The summed E-state index contributed by atoms with van der Waals surface area (Å²) >= 11 is 1.92. The molecule has 1 aromatic heterocycles. The van der Waals surface area contributed by atoms with Crippen molar-refractivity contribution in [3.63, 3.8) is 0 Å². The Morgan fingerprint density at radius 1 is 1.77 bits per heavy atom. The second-order valence-corrected chi connectivity index (χ2v) is 3.77. The molecule has 13 heavy (non-hydrogen) atoms. The molecule has 0 spiro atoms. The summed E-state index contributed by atoms with van der Waals surface area (Å²) in [6.45, 7) is 3.96. The number of H-pyrrole nitrogens is 1. The molecule has 0 fully saturated rings. The number of hydrogen-bond donors (Lipinski definition) is 1. The van der Waals surface area contributed by atoms with Crippen LogP contribution in [0.15, 0.2) is 11.1 Å². The monoisotopic (exact) mass is 294 g/mol. The molecule has 0 aromatic carbocycles. The summed E-state index contributed by atoms with van der Waals surface area (Å²) in [6.07, 6.45) is 2.33. The van der Waals surface area contributed by atoms with Crippen molar-refractivity contribution in [1.29, 1.82) is 0 Å². The molecule has 4 nitrogen and oxygen atoms in total. The zero-order chi connectivity index (χ0) is 9.84. The Morgan fingerprint density at radius 2 is 2.46 bits per heavy atom. The number of hydrogen-bond acceptors (Lipinski definition) is 3. The topological polar surface area (TPSA) is 55.0 Å². The molecule has 0 amide bonds. The minimum Gasteiger partial charge on any atom is -0.474 e. The maximum absolute atomic E-state index is 11.1. The third-order valence-electron chi connectivity index (χ3n) is 1.65. The third-order valence-corrected chi connectivity index (χ3v) is 2.60. The maximum atomic E-state index is 11.1. The molecule has 1 heterocycles. The maximum Gasteiger partial charge on any atom is 0.268 e. The predicted molar refractivity (Wildman–Crippen MR) is 58.0 cm³/mol. The molecule has 1 unspecified atom stereocenters. The van der Waals surface area contributed by atoms with Crippen molar-refractivity contribution in [2.24, 2.45) is 0 Å². The second kappa shape index (κ2) is 4.59. The minimum absolute atomic E-state index is 0.0859. The first-order valence-electron chi connectivity index (χ1n) is 4.05. The molecular weight excluding hydrogens is 283 g/mol. The zero-order valence-corrected chi connectivity index (χ0v) is 9.66. The summed E-state index contributed by atoms with van der Waals surface area (Å²) < 4.78 is 5.94. The van der Waals surface area contributed by atoms with E-state index in [-0.39, 0.29) is 11.7 Å². The van der Waals surface area contributed by atoms with E-state index in [4.69, 9.17) is 4.74 Å². The van der Waals surface area contributed by atoms with Crippen LogP contribution < -0.4 is 10.3 Å². The fraction of sp³-hybridized carbons (Fsp3) is 0.500. The van der Waals surface area contributed by atoms with Crippen molar-refractivity contribution in [3.8, 4) is 5.88 Å². The van der Waals surface area contributed by atoms with Crippen molar-refractivity contribution in [1.82, 2.24) is 9.97 Å². The molecule has 0 aliphatic carbocycles. The Balaban J connectivity index is 2.89. The van der Waals surface area contributed by atoms with Gasteiger partial charge < -0.3 is 9.72 Å². The summed E-state index contributed by atoms with van der Waals surface area (Å²) in [4.78, 5) is 17.5. The van der Waals surface area contributed by atoms with Crippen LogP contribution in [-0.2, 0) is 0 Å². The highest BCUT2D eigenvalue weighted by molar-refractivity contribution is 14.1. The third kappa shape index (κ3) is 2.68. The van der Waals surface area contributed by atoms with Gasteiger partial charge in [-0.25, -0.2) is 4.98 Å². The Bertz CT molecular complexity index is 337. The molecule has 1 rings (SSSR count). The molecule has 0 aliphatic rings. The lowest BCUT2D eigenvalue weighted by Gasteiger charge is -2.11. The van der Waals surface area contributed by atoms with E-state index in [0.717, 1.165) is 6.42 Å². The first-order valence-corrected chi connectivity index (χ1v) is 5.12. The Kier molecular flexibility index (Phi) is 3.71. The SMILES string of the molecule is CCC(C)Oc1nc[nH]c(=O)c1I. The molecule has 5 heteroatoms. The summed E-state index contributed by atoms with van der Waals surface area (Å²) in [7, 11) is 0. The summed E-state index contributed by atoms with van der Waals surface area (Å²) in [5.74, 6) is 0.415. The van der Waals surface area contributed by atoms with E-state index in [1.54, 1.807) is 0 Å². The first kappa shape index (κ1) is 10.5. The molecule has 0 saturated carbocycles. The number of nitrogens with one attached hydrogen (secondary N) is 1. The van der Waals surface area contributed by atoms with Crippen molar-refractivity contribution in [2.75, 3.05) is 0 Å². The van der Waals surface area contributed by atoms with Gasteiger partial charge in [-0.1, -0.05) is 6.92 Å². The van der Waals surface area contributed by atoms with Crippen LogP contribution in [0.3, 0.4) is 0 Å². The van der Waals surface area contributed by atoms with Crippen molar-refractivity contribution in [2.45, 2.75) is 26.4 Å². The molecule has 1 aromatic rings. The largest absolute Gasteiger partial charge is 0.474 e. The quantitative estimate of drug-likeness (QED) is 0.861. The van der Waals surface area contributed by atoms with Gasteiger partial charge in [0.25, 0.3) is 5.56 Å². The number of rotatable bonds is 3. The van der Waals surface area contributed by atoms with Gasteiger partial charge in [0.15, 0.2) is 0 Å². The Hall–Kier alpha value is -0.590. The summed E-state index contributed by atoms with van der Waals surface area (Å²) in [5.41, 5.74) is -0.158. The van der Waals surface area contributed by atoms with Crippen LogP contribution >= 0.6 is 22.6 Å². The summed E-state index contributed by atoms with van der Waals surface area (Å²) in [5, 5.41) is 0. The number of aromatic amines is 1. The zero-order valence-electron chi connectivity index (χ0n) is 7.50. The lowest BCUT2D eigenvalue weighted by atomic mass is 10.3. The van der Waals surface area contributed by atoms with Crippen LogP contribution in [0, 0.1) is 3.57 Å². The van der Waals surface area contributed by atoms with Gasteiger partial charge >= 0.3 is 0 Å². The normalized spacial score (nSPS) is 12.5. The predicted octanol–water partition coefficient (Wildman–Crippen LogP) is 1.55. The first-order chi connectivity index (χ1) is 6.15. The fourth-order valence-corrected chi connectivity index (χ4v) is 1.14. The number of nitrogens with zero attached hydrogens (tertiary/aromatic N) is 1. The molecule has 1 N–H and O–H groups in total. The molecule has 0 radical (unpaired) electrons. The average molecular weight is 294 g/mol. The van der Waals surface area contributed by atoms with Crippen LogP contribution in [0.5, 0.6) is 5.88 Å². The van der Waals surface area contributed by atoms with Crippen LogP contribution in [0.1, 0.15) is 20.3 Å². The highest BCUT2D eigenvalue weighted by atomic mass is 127. The van der Waals surface area contributed by atoms with Crippen molar-refractivity contribution < 1.29 is 4.74 Å². The van der Waals surface area contributed by atoms with Gasteiger partial charge in [0.2, 0.25) is 5.88 Å². The number of halogens is 1. The van der Waals surface area contributed by atoms with E-state index in [1.807, 2.05) is 36.4 Å². The molecule has 1 atom stereocenters. The van der Waals surface area contributed by atoms with Gasteiger partial charge in [0.1, 0.15) is 3.57 Å². The number of aromatic nitrogens is 2. The van der Waals surface area contributed by atoms with Gasteiger partial charge in [-0.3, -0.25) is 4.79 Å². The Morgan fingerprint density at radius 3 is 3.08 bits per heavy atom. The second-order valence-electron chi connectivity index (χ2n) is 2.69. The van der Waals surface area contributed by atoms with Gasteiger partial charge in [0, 0.05) is 0 Å². The van der Waals surface area contributed by atoms with Crippen LogP contribution in [0.25, 0.3) is 0 Å². The summed E-state index contributed by atoms with van der Waals surface area (Å²) in [6, 6.07) is 0. The lowest BCUT2D eigenvalue weighted by Crippen LogP contribution is -2.17. The highest BCUT2D eigenvalue weighted by Crippen LogP contribution is 2.14. The van der Waals surface area contributed by atoms with E-state index in [1.165, 1.54) is 6.33 Å². The fourth-order valence-electron chi connectivity index (χ4n) is 0.723. The average Bonchev–Trinajstić information content (AvgIpc) is 2.13. The minimum atomic E-state index is -0.158. The molecule has 0 saturated heterocycles. The van der Waals surface area contributed by atoms with E-state index in [2.05, 4.69) is 9.97 Å². The smallest absolute Gasteiger partial charge is 0.268 e. The van der Waals surface area contributed by atoms with Gasteiger partial charge in [-0.2, -0.15) is 0 Å². The van der Waals surface area contributed by atoms with Crippen LogP contribution in [0.2, 0.25) is 0 Å². The Labute approximate surface area is 89.9 Å². The van der Waals surface area contributed by atoms with E-state index in [0.29, 0.717) is 9.45 Å². The van der Waals surface area contributed by atoms with Crippen molar-refractivity contribution >= 4 is 22.6 Å².